The predicted molar refractivity (Wildman–Crippen MR) is 76.2 cm³/mol. The highest BCUT2D eigenvalue weighted by Gasteiger charge is 2.20. The van der Waals surface area contributed by atoms with E-state index in [9.17, 15) is 0 Å². The van der Waals surface area contributed by atoms with E-state index in [1.165, 1.54) is 0 Å². The Morgan fingerprint density at radius 2 is 2.00 bits per heavy atom. The van der Waals surface area contributed by atoms with Gasteiger partial charge in [0.15, 0.2) is 0 Å². The average molecular weight is 260 g/mol. The van der Waals surface area contributed by atoms with Gasteiger partial charge in [-0.1, -0.05) is 25.9 Å². The summed E-state index contributed by atoms with van der Waals surface area (Å²) in [5.41, 5.74) is 8.43. The molecule has 0 fully saturated rings. The Balaban J connectivity index is 2.49. The van der Waals surface area contributed by atoms with Crippen LogP contribution in [-0.2, 0) is 5.41 Å². The summed E-state index contributed by atoms with van der Waals surface area (Å²) in [5, 5.41) is 3.94. The number of hydrogen-bond donors (Lipinski definition) is 1. The molecule has 0 bridgehead atoms. The van der Waals surface area contributed by atoms with Crippen LogP contribution in [0.4, 0.5) is 5.88 Å². The summed E-state index contributed by atoms with van der Waals surface area (Å²) in [6, 6.07) is 7.76. The average Bonchev–Trinajstić information content (AvgIpc) is 2.75. The summed E-state index contributed by atoms with van der Waals surface area (Å²) in [6.45, 7) is 9.11. The molecule has 102 valence electrons. The van der Waals surface area contributed by atoms with Gasteiger partial charge in [0.25, 0.3) is 0 Å². The quantitative estimate of drug-likeness (QED) is 0.915. The Labute approximate surface area is 113 Å². The Hall–Kier alpha value is -1.97. The topological polar surface area (TPSA) is 61.3 Å². The van der Waals surface area contributed by atoms with E-state index in [1.54, 1.807) is 6.07 Å². The number of ether oxygens (including phenoxy) is 1. The summed E-state index contributed by atoms with van der Waals surface area (Å²) in [6.07, 6.45) is 0. The van der Waals surface area contributed by atoms with Crippen molar-refractivity contribution in [1.29, 1.82) is 0 Å². The van der Waals surface area contributed by atoms with Crippen LogP contribution in [0.3, 0.4) is 0 Å². The van der Waals surface area contributed by atoms with Crippen molar-refractivity contribution in [3.63, 3.8) is 0 Å². The Kier molecular flexibility index (Phi) is 3.51. The monoisotopic (exact) mass is 260 g/mol. The zero-order valence-electron chi connectivity index (χ0n) is 11.9. The van der Waals surface area contributed by atoms with E-state index in [-0.39, 0.29) is 5.41 Å². The normalized spacial score (nSPS) is 11.6. The van der Waals surface area contributed by atoms with E-state index in [0.717, 1.165) is 22.6 Å². The number of nitrogens with zero attached hydrogens (tertiary/aromatic N) is 1. The molecule has 0 atom stereocenters. The van der Waals surface area contributed by atoms with E-state index >= 15 is 0 Å². The molecule has 2 N–H and O–H groups in total. The lowest BCUT2D eigenvalue weighted by molar-refractivity contribution is 0.330. The van der Waals surface area contributed by atoms with Crippen LogP contribution in [0.5, 0.6) is 5.75 Å². The molecule has 0 aliphatic rings. The third-order valence-corrected chi connectivity index (χ3v) is 2.91. The molecule has 0 saturated heterocycles. The lowest BCUT2D eigenvalue weighted by Gasteiger charge is -2.23. The van der Waals surface area contributed by atoms with Gasteiger partial charge in [-0.3, -0.25) is 0 Å². The number of anilines is 1. The van der Waals surface area contributed by atoms with Gasteiger partial charge in [-0.2, -0.15) is 0 Å². The van der Waals surface area contributed by atoms with E-state index in [4.69, 9.17) is 15.0 Å². The highest BCUT2D eigenvalue weighted by atomic mass is 16.5. The first kappa shape index (κ1) is 13.5. The lowest BCUT2D eigenvalue weighted by atomic mass is 9.85. The van der Waals surface area contributed by atoms with Crippen LogP contribution in [0.25, 0.3) is 11.3 Å². The number of nitrogen functional groups attached to an aromatic ring is 1. The highest BCUT2D eigenvalue weighted by molar-refractivity contribution is 5.64. The second-order valence-corrected chi connectivity index (χ2v) is 5.51. The smallest absolute Gasteiger partial charge is 0.222 e. The van der Waals surface area contributed by atoms with Gasteiger partial charge in [-0.15, -0.1) is 0 Å². The van der Waals surface area contributed by atoms with Crippen molar-refractivity contribution in [1.82, 2.24) is 5.16 Å². The van der Waals surface area contributed by atoms with Gasteiger partial charge in [0.05, 0.1) is 6.61 Å². The van der Waals surface area contributed by atoms with Crippen molar-refractivity contribution in [3.05, 3.63) is 29.8 Å². The van der Waals surface area contributed by atoms with Crippen molar-refractivity contribution in [3.8, 4) is 17.0 Å². The minimum Gasteiger partial charge on any atom is -0.494 e. The van der Waals surface area contributed by atoms with Crippen LogP contribution >= 0.6 is 0 Å². The molecule has 19 heavy (non-hydrogen) atoms. The lowest BCUT2D eigenvalue weighted by Crippen LogP contribution is -2.13. The molecule has 0 radical (unpaired) electrons. The van der Waals surface area contributed by atoms with Crippen LogP contribution in [0.1, 0.15) is 33.3 Å². The third kappa shape index (κ3) is 2.89. The van der Waals surface area contributed by atoms with Gasteiger partial charge in [0, 0.05) is 17.2 Å². The van der Waals surface area contributed by atoms with Gasteiger partial charge >= 0.3 is 0 Å². The summed E-state index contributed by atoms with van der Waals surface area (Å²) in [4.78, 5) is 0. The van der Waals surface area contributed by atoms with Gasteiger partial charge in [0.2, 0.25) is 5.88 Å². The van der Waals surface area contributed by atoms with E-state index in [2.05, 4.69) is 32.0 Å². The summed E-state index contributed by atoms with van der Waals surface area (Å²) < 4.78 is 10.6. The van der Waals surface area contributed by atoms with E-state index in [1.807, 2.05) is 19.1 Å². The van der Waals surface area contributed by atoms with Gasteiger partial charge in [0.1, 0.15) is 11.4 Å². The number of nitrogens with two attached hydrogens (primary N) is 1. The summed E-state index contributed by atoms with van der Waals surface area (Å²) in [5.74, 6) is 1.23. The number of aromatic nitrogens is 1. The van der Waals surface area contributed by atoms with Gasteiger partial charge < -0.3 is 15.0 Å². The van der Waals surface area contributed by atoms with Crippen molar-refractivity contribution in [2.75, 3.05) is 12.3 Å². The SMILES string of the molecule is CCOc1ccc(-c2cc(N)on2)cc1C(C)(C)C. The van der Waals surface area contributed by atoms with Gasteiger partial charge in [-0.05, 0) is 30.5 Å². The summed E-state index contributed by atoms with van der Waals surface area (Å²) in [7, 11) is 0. The molecular weight excluding hydrogens is 240 g/mol. The van der Waals surface area contributed by atoms with Crippen LogP contribution < -0.4 is 10.5 Å². The zero-order valence-corrected chi connectivity index (χ0v) is 11.9. The minimum atomic E-state index is -0.00417. The number of rotatable bonds is 3. The first-order valence-corrected chi connectivity index (χ1v) is 6.41. The maximum absolute atomic E-state index is 5.69. The molecule has 2 rings (SSSR count). The standard InChI is InChI=1S/C15H20N2O2/c1-5-18-13-7-6-10(8-11(13)15(2,3)4)12-9-14(16)19-17-12/h6-9H,5,16H2,1-4H3. The van der Waals surface area contributed by atoms with Crippen LogP contribution in [0, 0.1) is 0 Å². The largest absolute Gasteiger partial charge is 0.494 e. The molecule has 4 heteroatoms. The minimum absolute atomic E-state index is 0.00417. The molecular formula is C15H20N2O2. The first-order valence-electron chi connectivity index (χ1n) is 6.41. The third-order valence-electron chi connectivity index (χ3n) is 2.91. The molecule has 1 aromatic carbocycles. The fourth-order valence-electron chi connectivity index (χ4n) is 1.98. The maximum atomic E-state index is 5.69. The Bertz CT molecular complexity index is 568. The number of hydrogen-bond acceptors (Lipinski definition) is 4. The van der Waals surface area contributed by atoms with Crippen molar-refractivity contribution in [2.24, 2.45) is 0 Å². The second-order valence-electron chi connectivity index (χ2n) is 5.51. The molecule has 0 saturated carbocycles. The van der Waals surface area contributed by atoms with E-state index < -0.39 is 0 Å². The molecule has 0 unspecified atom stereocenters. The van der Waals surface area contributed by atoms with Crippen molar-refractivity contribution >= 4 is 5.88 Å². The number of benzene rings is 1. The molecule has 1 heterocycles. The molecule has 2 aromatic rings. The van der Waals surface area contributed by atoms with Crippen molar-refractivity contribution in [2.45, 2.75) is 33.1 Å². The fraction of sp³-hybridized carbons (Fsp3) is 0.400. The first-order chi connectivity index (χ1) is 8.91. The Morgan fingerprint density at radius 1 is 1.26 bits per heavy atom. The van der Waals surface area contributed by atoms with Crippen LogP contribution in [-0.4, -0.2) is 11.8 Å². The second kappa shape index (κ2) is 4.96. The highest BCUT2D eigenvalue weighted by Crippen LogP contribution is 2.35. The molecule has 0 spiro atoms. The van der Waals surface area contributed by atoms with Gasteiger partial charge in [-0.25, -0.2) is 0 Å². The van der Waals surface area contributed by atoms with Crippen molar-refractivity contribution < 1.29 is 9.26 Å². The molecule has 1 aromatic heterocycles. The zero-order chi connectivity index (χ0) is 14.0. The van der Waals surface area contributed by atoms with Crippen LogP contribution in [0.15, 0.2) is 28.8 Å². The molecule has 0 aliphatic heterocycles. The molecule has 0 amide bonds. The molecule has 4 nitrogen and oxygen atoms in total. The Morgan fingerprint density at radius 3 is 2.53 bits per heavy atom. The molecule has 0 aliphatic carbocycles. The maximum Gasteiger partial charge on any atom is 0.222 e. The van der Waals surface area contributed by atoms with Crippen LogP contribution in [0.2, 0.25) is 0 Å². The van der Waals surface area contributed by atoms with E-state index in [0.29, 0.717) is 12.5 Å². The summed E-state index contributed by atoms with van der Waals surface area (Å²) >= 11 is 0. The fourth-order valence-corrected chi connectivity index (χ4v) is 1.98. The predicted octanol–water partition coefficient (Wildman–Crippen LogP) is 3.62.